The van der Waals surface area contributed by atoms with E-state index in [1.54, 1.807) is 45.0 Å². The standard InChI is InChI=1S/C25H44N2O8/c1-9-33-22(28)16(2)21(32-8)19-13-11-15-27(19)35-23(29)17(3)20(31-7)18-12-10-14-26(18)24(30)34-25(4,5)6/h16-21H,9-15H2,1-8H3/t16-,17-,18+,19+,20-,21-/m1/s1. The van der Waals surface area contributed by atoms with Crippen molar-refractivity contribution in [1.82, 2.24) is 9.96 Å². The first-order valence-corrected chi connectivity index (χ1v) is 12.6. The molecule has 2 rings (SSSR count). The van der Waals surface area contributed by atoms with E-state index in [1.807, 2.05) is 20.8 Å². The molecule has 2 aliphatic heterocycles. The normalized spacial score (nSPS) is 24.5. The van der Waals surface area contributed by atoms with E-state index in [4.69, 9.17) is 23.8 Å². The molecule has 35 heavy (non-hydrogen) atoms. The van der Waals surface area contributed by atoms with E-state index in [1.165, 1.54) is 0 Å². The quantitative estimate of drug-likeness (QED) is 0.418. The SMILES string of the molecule is CCOC(=O)[C@H](C)[C@@H](OC)[C@@H]1CCCN1OC(=O)[C@H](C)[C@@H](OC)[C@@H]1CCCN1C(=O)OC(C)(C)C. The van der Waals surface area contributed by atoms with Crippen molar-refractivity contribution in [3.05, 3.63) is 0 Å². The van der Waals surface area contributed by atoms with Crippen LogP contribution in [0.25, 0.3) is 0 Å². The van der Waals surface area contributed by atoms with E-state index in [2.05, 4.69) is 0 Å². The Bertz CT molecular complexity index is 725. The van der Waals surface area contributed by atoms with Crippen LogP contribution in [0.3, 0.4) is 0 Å². The number of ether oxygens (including phenoxy) is 4. The van der Waals surface area contributed by atoms with Gasteiger partial charge in [0.25, 0.3) is 0 Å². The third kappa shape index (κ3) is 7.54. The minimum absolute atomic E-state index is 0.263. The van der Waals surface area contributed by atoms with Gasteiger partial charge < -0.3 is 28.7 Å². The lowest BCUT2D eigenvalue weighted by molar-refractivity contribution is -0.215. The van der Waals surface area contributed by atoms with Gasteiger partial charge in [0.05, 0.1) is 42.7 Å². The van der Waals surface area contributed by atoms with Crippen LogP contribution in [0.15, 0.2) is 0 Å². The summed E-state index contributed by atoms with van der Waals surface area (Å²) in [6, 6.07) is -0.552. The maximum Gasteiger partial charge on any atom is 0.410 e. The molecule has 0 aliphatic carbocycles. The van der Waals surface area contributed by atoms with Gasteiger partial charge in [0.2, 0.25) is 0 Å². The van der Waals surface area contributed by atoms with Crippen molar-refractivity contribution < 1.29 is 38.2 Å². The average molecular weight is 501 g/mol. The first-order chi connectivity index (χ1) is 16.4. The highest BCUT2D eigenvalue weighted by Crippen LogP contribution is 2.31. The van der Waals surface area contributed by atoms with Crippen LogP contribution in [0.1, 0.15) is 67.2 Å². The Morgan fingerprint density at radius 3 is 2.00 bits per heavy atom. The van der Waals surface area contributed by atoms with E-state index < -0.39 is 41.7 Å². The van der Waals surface area contributed by atoms with Crippen LogP contribution in [-0.4, -0.2) is 91.8 Å². The second-order valence-electron chi connectivity index (χ2n) is 10.4. The highest BCUT2D eigenvalue weighted by Gasteiger charge is 2.44. The van der Waals surface area contributed by atoms with Gasteiger partial charge in [-0.05, 0) is 67.2 Å². The average Bonchev–Trinajstić information content (AvgIpc) is 3.44. The lowest BCUT2D eigenvalue weighted by Crippen LogP contribution is -2.51. The van der Waals surface area contributed by atoms with Crippen LogP contribution < -0.4 is 0 Å². The summed E-state index contributed by atoms with van der Waals surface area (Å²) in [4.78, 5) is 45.7. The topological polar surface area (TPSA) is 104 Å². The number of esters is 1. The zero-order chi connectivity index (χ0) is 26.3. The summed E-state index contributed by atoms with van der Waals surface area (Å²) in [5.74, 6) is -1.92. The van der Waals surface area contributed by atoms with Gasteiger partial charge in [-0.15, -0.1) is 5.06 Å². The highest BCUT2D eigenvalue weighted by atomic mass is 16.7. The molecular formula is C25H44N2O8. The summed E-state index contributed by atoms with van der Waals surface area (Å²) in [6.45, 7) is 12.1. The molecule has 10 heteroatoms. The van der Waals surface area contributed by atoms with Crippen molar-refractivity contribution >= 4 is 18.0 Å². The third-order valence-electron chi connectivity index (χ3n) is 6.70. The molecule has 1 amide bonds. The second-order valence-corrected chi connectivity index (χ2v) is 10.4. The molecule has 0 aromatic rings. The number of hydrogen-bond donors (Lipinski definition) is 0. The Hall–Kier alpha value is -1.91. The fraction of sp³-hybridized carbons (Fsp3) is 0.880. The van der Waals surface area contributed by atoms with Crippen molar-refractivity contribution in [3.8, 4) is 0 Å². The first kappa shape index (κ1) is 29.3. The van der Waals surface area contributed by atoms with Crippen molar-refractivity contribution in [2.24, 2.45) is 11.8 Å². The van der Waals surface area contributed by atoms with Crippen LogP contribution in [0.4, 0.5) is 4.79 Å². The van der Waals surface area contributed by atoms with E-state index in [0.29, 0.717) is 26.1 Å². The maximum absolute atomic E-state index is 13.2. The zero-order valence-electron chi connectivity index (χ0n) is 22.6. The van der Waals surface area contributed by atoms with Crippen molar-refractivity contribution in [2.45, 2.75) is 97.1 Å². The Balaban J connectivity index is 2.08. The van der Waals surface area contributed by atoms with Gasteiger partial charge in [-0.25, -0.2) is 9.59 Å². The molecule has 202 valence electrons. The molecule has 10 nitrogen and oxygen atoms in total. The molecule has 2 aliphatic rings. The van der Waals surface area contributed by atoms with Crippen LogP contribution in [0.5, 0.6) is 0 Å². The summed E-state index contributed by atoms with van der Waals surface area (Å²) >= 11 is 0. The predicted molar refractivity (Wildman–Crippen MR) is 128 cm³/mol. The third-order valence-corrected chi connectivity index (χ3v) is 6.70. The molecule has 0 unspecified atom stereocenters. The molecule has 0 radical (unpaired) electrons. The number of amides is 1. The monoisotopic (exact) mass is 500 g/mol. The summed E-state index contributed by atoms with van der Waals surface area (Å²) in [6.07, 6.45) is 1.63. The lowest BCUT2D eigenvalue weighted by Gasteiger charge is -2.36. The number of nitrogens with zero attached hydrogens (tertiary/aromatic N) is 2. The van der Waals surface area contributed by atoms with Gasteiger partial charge in [0.15, 0.2) is 0 Å². The van der Waals surface area contributed by atoms with Gasteiger partial charge in [0.1, 0.15) is 5.60 Å². The van der Waals surface area contributed by atoms with Gasteiger partial charge in [-0.3, -0.25) is 4.79 Å². The van der Waals surface area contributed by atoms with E-state index in [9.17, 15) is 14.4 Å². The minimum atomic E-state index is -0.627. The number of hydrogen-bond acceptors (Lipinski definition) is 9. The predicted octanol–water partition coefficient (Wildman–Crippen LogP) is 3.17. The van der Waals surface area contributed by atoms with Gasteiger partial charge >= 0.3 is 18.0 Å². The minimum Gasteiger partial charge on any atom is -0.466 e. The fourth-order valence-electron chi connectivity index (χ4n) is 5.02. The Labute approximate surface area is 209 Å². The smallest absolute Gasteiger partial charge is 0.410 e. The van der Waals surface area contributed by atoms with Crippen molar-refractivity contribution in [3.63, 3.8) is 0 Å². The molecule has 0 spiro atoms. The maximum atomic E-state index is 13.2. The first-order valence-electron chi connectivity index (χ1n) is 12.6. The lowest BCUT2D eigenvalue weighted by atomic mass is 9.95. The molecule has 2 saturated heterocycles. The van der Waals surface area contributed by atoms with Gasteiger partial charge in [0, 0.05) is 27.3 Å². The summed E-state index contributed by atoms with van der Waals surface area (Å²) in [5.41, 5.74) is -0.610. The number of carbonyl (C=O) groups is 3. The highest BCUT2D eigenvalue weighted by molar-refractivity contribution is 5.74. The molecule has 2 heterocycles. The summed E-state index contributed by atoms with van der Waals surface area (Å²) in [7, 11) is 3.09. The van der Waals surface area contributed by atoms with Gasteiger partial charge in [-0.1, -0.05) is 0 Å². The van der Waals surface area contributed by atoms with Gasteiger partial charge in [-0.2, -0.15) is 0 Å². The van der Waals surface area contributed by atoms with E-state index in [-0.39, 0.29) is 18.1 Å². The van der Waals surface area contributed by atoms with Crippen LogP contribution in [0.2, 0.25) is 0 Å². The molecule has 0 bridgehead atoms. The van der Waals surface area contributed by atoms with Crippen molar-refractivity contribution in [1.29, 1.82) is 0 Å². The zero-order valence-corrected chi connectivity index (χ0v) is 22.6. The summed E-state index contributed by atoms with van der Waals surface area (Å²) in [5, 5.41) is 1.62. The Kier molecular flexibility index (Phi) is 10.8. The fourth-order valence-corrected chi connectivity index (χ4v) is 5.02. The van der Waals surface area contributed by atoms with E-state index >= 15 is 0 Å². The number of methoxy groups -OCH3 is 2. The molecule has 6 atom stereocenters. The molecule has 2 fully saturated rings. The summed E-state index contributed by atoms with van der Waals surface area (Å²) < 4.78 is 22.1. The molecule has 0 saturated carbocycles. The number of hydroxylamine groups is 2. The van der Waals surface area contributed by atoms with Crippen molar-refractivity contribution in [2.75, 3.05) is 33.9 Å². The van der Waals surface area contributed by atoms with Crippen LogP contribution in [0, 0.1) is 11.8 Å². The largest absolute Gasteiger partial charge is 0.466 e. The number of likely N-dealkylation sites (tertiary alicyclic amines) is 1. The Morgan fingerprint density at radius 1 is 0.886 bits per heavy atom. The Morgan fingerprint density at radius 2 is 1.43 bits per heavy atom. The molecular weight excluding hydrogens is 456 g/mol. The van der Waals surface area contributed by atoms with Crippen LogP contribution in [-0.2, 0) is 33.4 Å². The van der Waals surface area contributed by atoms with E-state index in [0.717, 1.165) is 19.3 Å². The molecule has 0 N–H and O–H groups in total. The molecule has 0 aromatic heterocycles. The number of carbonyl (C=O) groups excluding carboxylic acids is 3. The molecule has 0 aromatic carbocycles. The second kappa shape index (κ2) is 12.9. The number of rotatable bonds is 10. The van der Waals surface area contributed by atoms with Crippen LogP contribution >= 0.6 is 0 Å².